The number of hydrogen-bond donors (Lipinski definition) is 1. The van der Waals surface area contributed by atoms with E-state index in [1.165, 1.54) is 0 Å². The Morgan fingerprint density at radius 1 is 1.35 bits per heavy atom. The van der Waals surface area contributed by atoms with E-state index in [4.69, 9.17) is 14.4 Å². The van der Waals surface area contributed by atoms with Gasteiger partial charge < -0.3 is 14.4 Å². The molecule has 1 N–H and O–H groups in total. The summed E-state index contributed by atoms with van der Waals surface area (Å²) >= 11 is 0. The summed E-state index contributed by atoms with van der Waals surface area (Å²) in [5.41, 5.74) is 1.42. The summed E-state index contributed by atoms with van der Waals surface area (Å²) in [4.78, 5) is 21.5. The van der Waals surface area contributed by atoms with Crippen LogP contribution in [0.15, 0.2) is 12.1 Å². The first kappa shape index (κ1) is 11.7. The van der Waals surface area contributed by atoms with Crippen molar-refractivity contribution >= 4 is 5.97 Å². The van der Waals surface area contributed by atoms with Crippen LogP contribution in [-0.2, 0) is 4.74 Å². The van der Waals surface area contributed by atoms with E-state index in [-0.39, 0.29) is 17.1 Å². The Balaban J connectivity index is 2.36. The Hall–Kier alpha value is -1.82. The molecule has 0 aliphatic carbocycles. The SMILES string of the molecule is CC(C)(C)OC(=O)c1cc(F)cc2c1ONO2. The monoisotopic (exact) mass is 241 g/mol. The molecule has 1 aromatic carbocycles. The lowest BCUT2D eigenvalue weighted by Crippen LogP contribution is -2.24. The van der Waals surface area contributed by atoms with Crippen molar-refractivity contribution in [2.75, 3.05) is 0 Å². The molecular weight excluding hydrogens is 229 g/mol. The standard InChI is InChI=1S/C11H12FNO4/c1-11(2,3)15-10(14)7-4-6(12)5-8-9(7)17-13-16-8/h4-5,13H,1-3H3. The molecule has 1 aromatic rings. The average molecular weight is 241 g/mol. The number of nitrogens with one attached hydrogen (secondary N) is 1. The third-order valence-corrected chi connectivity index (χ3v) is 1.93. The van der Waals surface area contributed by atoms with E-state index in [0.29, 0.717) is 0 Å². The number of rotatable bonds is 1. The summed E-state index contributed by atoms with van der Waals surface area (Å²) in [6.07, 6.45) is 0. The molecule has 0 fully saturated rings. The third-order valence-electron chi connectivity index (χ3n) is 1.93. The highest BCUT2D eigenvalue weighted by molar-refractivity contribution is 5.94. The van der Waals surface area contributed by atoms with Crippen molar-refractivity contribution in [1.82, 2.24) is 5.64 Å². The zero-order valence-corrected chi connectivity index (χ0v) is 9.67. The molecule has 0 atom stereocenters. The molecule has 2 rings (SSSR count). The molecule has 1 heterocycles. The van der Waals surface area contributed by atoms with Gasteiger partial charge in [0.25, 0.3) is 0 Å². The molecule has 0 radical (unpaired) electrons. The van der Waals surface area contributed by atoms with Gasteiger partial charge in [-0.1, -0.05) is 0 Å². The number of ether oxygens (including phenoxy) is 1. The molecule has 0 unspecified atom stereocenters. The molecular formula is C11H12FNO4. The number of esters is 1. The summed E-state index contributed by atoms with van der Waals surface area (Å²) in [6.45, 7) is 5.17. The Bertz CT molecular complexity index is 467. The fourth-order valence-electron chi connectivity index (χ4n) is 1.34. The predicted molar refractivity (Wildman–Crippen MR) is 56.0 cm³/mol. The molecule has 17 heavy (non-hydrogen) atoms. The molecule has 0 amide bonds. The highest BCUT2D eigenvalue weighted by Crippen LogP contribution is 2.35. The van der Waals surface area contributed by atoms with E-state index in [9.17, 15) is 9.18 Å². The quantitative estimate of drug-likeness (QED) is 0.762. The van der Waals surface area contributed by atoms with Gasteiger partial charge in [-0.25, -0.2) is 9.18 Å². The first-order valence-electron chi connectivity index (χ1n) is 5.02. The molecule has 6 heteroatoms. The normalized spacial score (nSPS) is 13.6. The first-order chi connectivity index (χ1) is 7.87. The molecule has 1 aliphatic heterocycles. The van der Waals surface area contributed by atoms with Crippen molar-refractivity contribution in [3.63, 3.8) is 0 Å². The average Bonchev–Trinajstić information content (AvgIpc) is 2.60. The maximum absolute atomic E-state index is 13.2. The lowest BCUT2D eigenvalue weighted by molar-refractivity contribution is 0.00489. The van der Waals surface area contributed by atoms with Crippen molar-refractivity contribution in [3.05, 3.63) is 23.5 Å². The van der Waals surface area contributed by atoms with E-state index < -0.39 is 17.4 Å². The highest BCUT2D eigenvalue weighted by Gasteiger charge is 2.28. The van der Waals surface area contributed by atoms with Crippen LogP contribution in [0, 0.1) is 5.82 Å². The number of hydrogen-bond acceptors (Lipinski definition) is 5. The third kappa shape index (κ3) is 2.47. The van der Waals surface area contributed by atoms with Gasteiger partial charge >= 0.3 is 5.97 Å². The Morgan fingerprint density at radius 3 is 2.71 bits per heavy atom. The van der Waals surface area contributed by atoms with Gasteiger partial charge in [-0.3, -0.25) is 0 Å². The van der Waals surface area contributed by atoms with E-state index in [1.54, 1.807) is 20.8 Å². The molecule has 5 nitrogen and oxygen atoms in total. The van der Waals surface area contributed by atoms with E-state index in [1.807, 2.05) is 0 Å². The first-order valence-corrected chi connectivity index (χ1v) is 5.02. The number of benzene rings is 1. The van der Waals surface area contributed by atoms with Crippen molar-refractivity contribution in [3.8, 4) is 11.5 Å². The van der Waals surface area contributed by atoms with Crippen LogP contribution in [0.25, 0.3) is 0 Å². The lowest BCUT2D eigenvalue weighted by Gasteiger charge is -2.19. The van der Waals surface area contributed by atoms with Crippen LogP contribution < -0.4 is 15.3 Å². The fourth-order valence-corrected chi connectivity index (χ4v) is 1.34. The number of halogens is 1. The van der Waals surface area contributed by atoms with Gasteiger partial charge in [0, 0.05) is 11.7 Å². The number of carbonyl (C=O) groups excluding carboxylic acids is 1. The second-order valence-electron chi connectivity index (χ2n) is 4.57. The maximum atomic E-state index is 13.2. The van der Waals surface area contributed by atoms with Gasteiger partial charge in [-0.05, 0) is 26.8 Å². The van der Waals surface area contributed by atoms with Crippen molar-refractivity contribution in [2.24, 2.45) is 0 Å². The molecule has 0 spiro atoms. The van der Waals surface area contributed by atoms with Crippen LogP contribution in [0.4, 0.5) is 4.39 Å². The zero-order chi connectivity index (χ0) is 12.6. The predicted octanol–water partition coefficient (Wildman–Crippen LogP) is 1.97. The summed E-state index contributed by atoms with van der Waals surface area (Å²) in [7, 11) is 0. The van der Waals surface area contributed by atoms with Crippen molar-refractivity contribution < 1.29 is 23.6 Å². The van der Waals surface area contributed by atoms with Crippen LogP contribution >= 0.6 is 0 Å². The fraction of sp³-hybridized carbons (Fsp3) is 0.364. The van der Waals surface area contributed by atoms with Crippen molar-refractivity contribution in [1.29, 1.82) is 0 Å². The Morgan fingerprint density at radius 2 is 2.06 bits per heavy atom. The number of carbonyl (C=O) groups is 1. The van der Waals surface area contributed by atoms with Crippen LogP contribution in [0.1, 0.15) is 31.1 Å². The van der Waals surface area contributed by atoms with Crippen LogP contribution in [0.5, 0.6) is 11.5 Å². The minimum absolute atomic E-state index is 0.0140. The van der Waals surface area contributed by atoms with Crippen LogP contribution in [-0.4, -0.2) is 11.6 Å². The largest absolute Gasteiger partial charge is 0.456 e. The summed E-state index contributed by atoms with van der Waals surface area (Å²) in [5, 5.41) is 0. The van der Waals surface area contributed by atoms with Gasteiger partial charge in [0.1, 0.15) is 17.0 Å². The van der Waals surface area contributed by atoms with Crippen LogP contribution in [0.3, 0.4) is 0 Å². The van der Waals surface area contributed by atoms with Gasteiger partial charge in [0.2, 0.25) is 5.75 Å². The van der Waals surface area contributed by atoms with E-state index in [0.717, 1.165) is 12.1 Å². The molecule has 0 bridgehead atoms. The van der Waals surface area contributed by atoms with Gasteiger partial charge in [0.15, 0.2) is 5.75 Å². The Labute approximate surface area is 97.4 Å². The topological polar surface area (TPSA) is 56.8 Å². The molecule has 0 aromatic heterocycles. The van der Waals surface area contributed by atoms with Crippen molar-refractivity contribution in [2.45, 2.75) is 26.4 Å². The zero-order valence-electron chi connectivity index (χ0n) is 9.67. The molecule has 0 saturated heterocycles. The summed E-state index contributed by atoms with van der Waals surface area (Å²) < 4.78 is 18.4. The van der Waals surface area contributed by atoms with E-state index >= 15 is 0 Å². The maximum Gasteiger partial charge on any atom is 0.342 e. The highest BCUT2D eigenvalue weighted by atomic mass is 19.1. The van der Waals surface area contributed by atoms with Gasteiger partial charge in [-0.15, -0.1) is 0 Å². The smallest absolute Gasteiger partial charge is 0.342 e. The van der Waals surface area contributed by atoms with E-state index in [2.05, 4.69) is 5.64 Å². The molecule has 1 aliphatic rings. The van der Waals surface area contributed by atoms with Gasteiger partial charge in [0.05, 0.1) is 0 Å². The lowest BCUT2D eigenvalue weighted by atomic mass is 10.1. The molecule has 92 valence electrons. The molecule has 0 saturated carbocycles. The van der Waals surface area contributed by atoms with Crippen LogP contribution in [0.2, 0.25) is 0 Å². The minimum Gasteiger partial charge on any atom is -0.456 e. The second-order valence-corrected chi connectivity index (χ2v) is 4.57. The Kier molecular flexibility index (Phi) is 2.66. The number of fused-ring (bicyclic) bond motifs is 1. The minimum atomic E-state index is -0.666. The van der Waals surface area contributed by atoms with Gasteiger partial charge in [-0.2, -0.15) is 0 Å². The second kappa shape index (κ2) is 3.89. The summed E-state index contributed by atoms with van der Waals surface area (Å²) in [6, 6.07) is 2.16. The summed E-state index contributed by atoms with van der Waals surface area (Å²) in [5.74, 6) is -1.02.